The van der Waals surface area contributed by atoms with Crippen LogP contribution in [0.4, 0.5) is 0 Å². The molecule has 0 saturated carbocycles. The van der Waals surface area contributed by atoms with Gasteiger partial charge in [0.1, 0.15) is 0 Å². The van der Waals surface area contributed by atoms with E-state index in [0.29, 0.717) is 12.1 Å². The van der Waals surface area contributed by atoms with Crippen molar-refractivity contribution in [2.24, 2.45) is 0 Å². The molecule has 4 rings (SSSR count). The summed E-state index contributed by atoms with van der Waals surface area (Å²) < 4.78 is 0. The second kappa shape index (κ2) is 7.37. The van der Waals surface area contributed by atoms with Crippen molar-refractivity contribution in [1.82, 2.24) is 10.2 Å². The highest BCUT2D eigenvalue weighted by atomic mass is 35.5. The maximum Gasteiger partial charge on any atom is 0.253 e. The van der Waals surface area contributed by atoms with Crippen molar-refractivity contribution in [3.8, 4) is 11.1 Å². The lowest BCUT2D eigenvalue weighted by Crippen LogP contribution is -2.39. The molecule has 1 amide bonds. The van der Waals surface area contributed by atoms with Crippen molar-refractivity contribution in [3.05, 3.63) is 60.2 Å². The van der Waals surface area contributed by atoms with Crippen molar-refractivity contribution in [2.75, 3.05) is 13.1 Å². The van der Waals surface area contributed by atoms with E-state index in [0.717, 1.165) is 30.6 Å². The Labute approximate surface area is 149 Å². The summed E-state index contributed by atoms with van der Waals surface area (Å²) in [5.41, 5.74) is 3.13. The molecule has 2 bridgehead atoms. The van der Waals surface area contributed by atoms with Gasteiger partial charge in [-0.3, -0.25) is 4.79 Å². The van der Waals surface area contributed by atoms with Gasteiger partial charge in [0, 0.05) is 30.7 Å². The molecular weight excluding hydrogens is 320 g/mol. The minimum absolute atomic E-state index is 0. The third-order valence-corrected chi connectivity index (χ3v) is 5.05. The van der Waals surface area contributed by atoms with E-state index < -0.39 is 0 Å². The minimum Gasteiger partial charge on any atom is -0.337 e. The maximum atomic E-state index is 12.8. The molecule has 1 N–H and O–H groups in total. The van der Waals surface area contributed by atoms with Crippen LogP contribution in [0.3, 0.4) is 0 Å². The van der Waals surface area contributed by atoms with E-state index in [9.17, 15) is 4.79 Å². The summed E-state index contributed by atoms with van der Waals surface area (Å²) in [5, 5.41) is 3.63. The summed E-state index contributed by atoms with van der Waals surface area (Å²) in [4.78, 5) is 14.8. The van der Waals surface area contributed by atoms with Crippen LogP contribution in [-0.2, 0) is 0 Å². The fourth-order valence-corrected chi connectivity index (χ4v) is 3.75. The Balaban J connectivity index is 0.00000169. The number of benzene rings is 2. The van der Waals surface area contributed by atoms with Gasteiger partial charge in [0.2, 0.25) is 0 Å². The van der Waals surface area contributed by atoms with Crippen LogP contribution in [0.15, 0.2) is 54.6 Å². The quantitative estimate of drug-likeness (QED) is 0.901. The molecule has 0 aliphatic carbocycles. The number of halogens is 1. The predicted octanol–water partition coefficient (Wildman–Crippen LogP) is 3.74. The third-order valence-electron chi connectivity index (χ3n) is 5.05. The number of likely N-dealkylation sites (tertiary alicyclic amines) is 1. The van der Waals surface area contributed by atoms with Crippen LogP contribution in [0, 0.1) is 0 Å². The van der Waals surface area contributed by atoms with Gasteiger partial charge in [-0.1, -0.05) is 42.5 Å². The topological polar surface area (TPSA) is 32.3 Å². The van der Waals surface area contributed by atoms with E-state index in [2.05, 4.69) is 17.4 Å². The van der Waals surface area contributed by atoms with E-state index in [1.54, 1.807) is 0 Å². The first kappa shape index (κ1) is 17.0. The molecule has 24 heavy (non-hydrogen) atoms. The first-order chi connectivity index (χ1) is 11.3. The summed E-state index contributed by atoms with van der Waals surface area (Å²) in [5.74, 6) is 0.166. The predicted molar refractivity (Wildman–Crippen MR) is 99.6 cm³/mol. The smallest absolute Gasteiger partial charge is 0.253 e. The van der Waals surface area contributed by atoms with Gasteiger partial charge in [0.25, 0.3) is 5.91 Å². The first-order valence-electron chi connectivity index (χ1n) is 8.50. The Bertz CT molecular complexity index is 687. The number of amides is 1. The molecule has 2 aromatic rings. The van der Waals surface area contributed by atoms with Crippen LogP contribution < -0.4 is 5.32 Å². The zero-order valence-electron chi connectivity index (χ0n) is 13.7. The van der Waals surface area contributed by atoms with Crippen molar-refractivity contribution in [3.63, 3.8) is 0 Å². The van der Waals surface area contributed by atoms with Crippen LogP contribution >= 0.6 is 12.4 Å². The lowest BCUT2D eigenvalue weighted by molar-refractivity contribution is 0.0748. The summed E-state index contributed by atoms with van der Waals surface area (Å²) in [7, 11) is 0. The Hall–Kier alpha value is -1.84. The van der Waals surface area contributed by atoms with Crippen molar-refractivity contribution < 1.29 is 4.79 Å². The van der Waals surface area contributed by atoms with E-state index >= 15 is 0 Å². The van der Waals surface area contributed by atoms with Gasteiger partial charge in [-0.05, 0) is 42.5 Å². The molecular formula is C20H23ClN2O. The first-order valence-corrected chi connectivity index (χ1v) is 8.50. The van der Waals surface area contributed by atoms with Gasteiger partial charge in [-0.15, -0.1) is 12.4 Å². The van der Waals surface area contributed by atoms with Crippen molar-refractivity contribution >= 4 is 18.3 Å². The highest BCUT2D eigenvalue weighted by Gasteiger charge is 2.31. The zero-order chi connectivity index (χ0) is 15.6. The maximum absolute atomic E-state index is 12.8. The lowest BCUT2D eigenvalue weighted by atomic mass is 10.0. The molecule has 2 fully saturated rings. The number of hydrogen-bond donors (Lipinski definition) is 1. The van der Waals surface area contributed by atoms with Crippen LogP contribution in [-0.4, -0.2) is 36.0 Å². The molecule has 0 aromatic heterocycles. The molecule has 0 spiro atoms. The van der Waals surface area contributed by atoms with Gasteiger partial charge in [0.15, 0.2) is 0 Å². The molecule has 0 radical (unpaired) electrons. The number of nitrogens with one attached hydrogen (secondary N) is 1. The van der Waals surface area contributed by atoms with E-state index in [1.165, 1.54) is 18.4 Å². The third kappa shape index (κ3) is 3.47. The molecule has 2 unspecified atom stereocenters. The second-order valence-electron chi connectivity index (χ2n) is 6.62. The SMILES string of the molecule is Cl.O=C(c1ccc(-c2ccccc2)cc1)N1CCC2CCC(C1)N2. The Morgan fingerprint density at radius 2 is 1.54 bits per heavy atom. The molecule has 3 nitrogen and oxygen atoms in total. The van der Waals surface area contributed by atoms with Crippen LogP contribution in [0.5, 0.6) is 0 Å². The highest BCUT2D eigenvalue weighted by Crippen LogP contribution is 2.23. The van der Waals surface area contributed by atoms with Gasteiger partial charge < -0.3 is 10.2 Å². The summed E-state index contributed by atoms with van der Waals surface area (Å²) in [6.45, 7) is 1.71. The molecule has 2 aliphatic rings. The van der Waals surface area contributed by atoms with E-state index in [1.807, 2.05) is 47.4 Å². The standard InChI is InChI=1S/C20H22N2O.ClH/c23-20(22-13-12-18-10-11-19(14-22)21-18)17-8-6-16(7-9-17)15-4-2-1-3-5-15;/h1-9,18-19,21H,10-14H2;1H. The Morgan fingerprint density at radius 3 is 2.29 bits per heavy atom. The second-order valence-corrected chi connectivity index (χ2v) is 6.62. The fourth-order valence-electron chi connectivity index (χ4n) is 3.75. The molecule has 2 saturated heterocycles. The van der Waals surface area contributed by atoms with E-state index in [4.69, 9.17) is 0 Å². The molecule has 126 valence electrons. The highest BCUT2D eigenvalue weighted by molar-refractivity contribution is 5.94. The van der Waals surface area contributed by atoms with Crippen molar-refractivity contribution in [1.29, 1.82) is 0 Å². The number of nitrogens with zero attached hydrogens (tertiary/aromatic N) is 1. The number of hydrogen-bond acceptors (Lipinski definition) is 2. The number of rotatable bonds is 2. The largest absolute Gasteiger partial charge is 0.337 e. The van der Waals surface area contributed by atoms with Gasteiger partial charge in [-0.25, -0.2) is 0 Å². The average molecular weight is 343 g/mol. The van der Waals surface area contributed by atoms with Crippen LogP contribution in [0.25, 0.3) is 11.1 Å². The lowest BCUT2D eigenvalue weighted by Gasteiger charge is -2.24. The summed E-state index contributed by atoms with van der Waals surface area (Å²) in [6, 6.07) is 19.4. The Kier molecular flexibility index (Phi) is 5.22. The summed E-state index contributed by atoms with van der Waals surface area (Å²) >= 11 is 0. The number of carbonyl (C=O) groups is 1. The number of fused-ring (bicyclic) bond motifs is 2. The normalized spacial score (nSPS) is 22.6. The monoisotopic (exact) mass is 342 g/mol. The average Bonchev–Trinajstić information content (AvgIpc) is 2.94. The molecule has 2 heterocycles. The van der Waals surface area contributed by atoms with Gasteiger partial charge >= 0.3 is 0 Å². The van der Waals surface area contributed by atoms with Gasteiger partial charge in [-0.2, -0.15) is 0 Å². The van der Waals surface area contributed by atoms with Crippen LogP contribution in [0.2, 0.25) is 0 Å². The molecule has 2 atom stereocenters. The van der Waals surface area contributed by atoms with Gasteiger partial charge in [0.05, 0.1) is 0 Å². The summed E-state index contributed by atoms with van der Waals surface area (Å²) in [6.07, 6.45) is 3.53. The zero-order valence-corrected chi connectivity index (χ0v) is 14.5. The molecule has 2 aromatic carbocycles. The Morgan fingerprint density at radius 1 is 0.875 bits per heavy atom. The van der Waals surface area contributed by atoms with E-state index in [-0.39, 0.29) is 18.3 Å². The molecule has 4 heteroatoms. The van der Waals surface area contributed by atoms with Crippen LogP contribution in [0.1, 0.15) is 29.6 Å². The molecule has 2 aliphatic heterocycles. The minimum atomic E-state index is 0. The fraction of sp³-hybridized carbons (Fsp3) is 0.350. The van der Waals surface area contributed by atoms with Crippen molar-refractivity contribution in [2.45, 2.75) is 31.3 Å². The number of carbonyl (C=O) groups excluding carboxylic acids is 1.